The van der Waals surface area contributed by atoms with E-state index in [-0.39, 0.29) is 24.0 Å². The van der Waals surface area contributed by atoms with Crippen molar-refractivity contribution in [1.82, 2.24) is 4.90 Å². The molecular weight excluding hydrogens is 378 g/mol. The van der Waals surface area contributed by atoms with Gasteiger partial charge in [-0.15, -0.1) is 0 Å². The van der Waals surface area contributed by atoms with Crippen molar-refractivity contribution in [1.29, 1.82) is 0 Å². The van der Waals surface area contributed by atoms with Gasteiger partial charge in [-0.05, 0) is 62.8 Å². The van der Waals surface area contributed by atoms with Crippen LogP contribution in [-0.2, 0) is 5.41 Å². The number of aliphatic hydroxyl groups is 1. The number of methoxy groups -OCH3 is 1. The van der Waals surface area contributed by atoms with Gasteiger partial charge in [-0.1, -0.05) is 37.3 Å². The number of rotatable bonds is 6. The Balaban J connectivity index is 1.74. The zero-order valence-corrected chi connectivity index (χ0v) is 18.6. The van der Waals surface area contributed by atoms with Gasteiger partial charge < -0.3 is 19.5 Å². The van der Waals surface area contributed by atoms with Crippen molar-refractivity contribution in [3.8, 4) is 11.5 Å². The number of likely N-dealkylation sites (tertiary alicyclic amines) is 1. The molecule has 2 aromatic rings. The van der Waals surface area contributed by atoms with E-state index < -0.39 is 5.60 Å². The van der Waals surface area contributed by atoms with Crippen LogP contribution in [0.4, 0.5) is 0 Å². The zero-order valence-electron chi connectivity index (χ0n) is 18.6. The van der Waals surface area contributed by atoms with E-state index in [0.29, 0.717) is 23.6 Å². The molecule has 0 aliphatic carbocycles. The van der Waals surface area contributed by atoms with Gasteiger partial charge in [0.2, 0.25) is 0 Å². The second kappa shape index (κ2) is 8.68. The Bertz CT molecular complexity index is 874. The molecule has 5 heteroatoms. The lowest BCUT2D eigenvalue weighted by Gasteiger charge is -2.44. The van der Waals surface area contributed by atoms with Gasteiger partial charge in [0.25, 0.3) is 5.91 Å². The highest BCUT2D eigenvalue weighted by Gasteiger charge is 2.37. The summed E-state index contributed by atoms with van der Waals surface area (Å²) in [6.45, 7) is 8.62. The first-order valence-corrected chi connectivity index (χ1v) is 10.5. The normalized spacial score (nSPS) is 21.9. The van der Waals surface area contributed by atoms with E-state index in [0.717, 1.165) is 12.8 Å². The fraction of sp³-hybridized carbons (Fsp3) is 0.480. The molecule has 0 saturated carbocycles. The second-order valence-corrected chi connectivity index (χ2v) is 9.20. The van der Waals surface area contributed by atoms with Crippen LogP contribution in [0.25, 0.3) is 0 Å². The molecule has 1 aliphatic rings. The fourth-order valence-electron chi connectivity index (χ4n) is 4.20. The van der Waals surface area contributed by atoms with Gasteiger partial charge in [-0.25, -0.2) is 0 Å². The Hall–Kier alpha value is -2.53. The van der Waals surface area contributed by atoms with Crippen LogP contribution in [-0.4, -0.2) is 47.8 Å². The number of nitrogens with zero attached hydrogens (tertiary/aromatic N) is 1. The van der Waals surface area contributed by atoms with E-state index in [4.69, 9.17) is 9.47 Å². The van der Waals surface area contributed by atoms with E-state index in [2.05, 4.69) is 38.1 Å². The molecule has 1 fully saturated rings. The molecule has 1 amide bonds. The van der Waals surface area contributed by atoms with E-state index in [1.54, 1.807) is 39.2 Å². The summed E-state index contributed by atoms with van der Waals surface area (Å²) in [5.74, 6) is 1.01. The van der Waals surface area contributed by atoms with Gasteiger partial charge in [-0.3, -0.25) is 4.79 Å². The van der Waals surface area contributed by atoms with Crippen molar-refractivity contribution in [2.75, 3.05) is 20.3 Å². The maximum absolute atomic E-state index is 13.2. The maximum Gasteiger partial charge on any atom is 0.254 e. The van der Waals surface area contributed by atoms with Crippen LogP contribution in [0.15, 0.2) is 48.5 Å². The molecule has 1 aliphatic heterocycles. The molecule has 2 aromatic carbocycles. The summed E-state index contributed by atoms with van der Waals surface area (Å²) in [6.07, 6.45) is 1.85. The highest BCUT2D eigenvalue weighted by molar-refractivity contribution is 5.95. The molecule has 5 nitrogen and oxygen atoms in total. The second-order valence-electron chi connectivity index (χ2n) is 9.20. The predicted molar refractivity (Wildman–Crippen MR) is 118 cm³/mol. The SMILES string of the molecule is COc1cc(C(=O)N2CCC(C)(c3ccccc3)CC2C)ccc1OCC(C)(C)O. The summed E-state index contributed by atoms with van der Waals surface area (Å²) >= 11 is 0. The van der Waals surface area contributed by atoms with Crippen molar-refractivity contribution in [2.24, 2.45) is 0 Å². The lowest BCUT2D eigenvalue weighted by molar-refractivity contribution is 0.0275. The lowest BCUT2D eigenvalue weighted by Crippen LogP contribution is -2.49. The molecule has 1 N–H and O–H groups in total. The molecule has 0 spiro atoms. The Morgan fingerprint density at radius 1 is 1.20 bits per heavy atom. The smallest absolute Gasteiger partial charge is 0.254 e. The van der Waals surface area contributed by atoms with Crippen molar-refractivity contribution in [3.05, 3.63) is 59.7 Å². The first-order valence-electron chi connectivity index (χ1n) is 10.5. The number of carbonyl (C=O) groups is 1. The van der Waals surface area contributed by atoms with Crippen molar-refractivity contribution in [2.45, 2.75) is 57.6 Å². The highest BCUT2D eigenvalue weighted by Crippen LogP contribution is 2.38. The number of amides is 1. The van der Waals surface area contributed by atoms with Crippen molar-refractivity contribution >= 4 is 5.91 Å². The number of benzene rings is 2. The van der Waals surface area contributed by atoms with Gasteiger partial charge in [0.05, 0.1) is 12.7 Å². The summed E-state index contributed by atoms with van der Waals surface area (Å²) in [6, 6.07) is 15.9. The molecule has 1 heterocycles. The highest BCUT2D eigenvalue weighted by atomic mass is 16.5. The topological polar surface area (TPSA) is 59.0 Å². The molecule has 2 unspecified atom stereocenters. The number of hydrogen-bond donors (Lipinski definition) is 1. The molecule has 30 heavy (non-hydrogen) atoms. The molecular formula is C25H33NO4. The lowest BCUT2D eigenvalue weighted by atomic mass is 9.72. The van der Waals surface area contributed by atoms with Gasteiger partial charge >= 0.3 is 0 Å². The monoisotopic (exact) mass is 411 g/mol. The summed E-state index contributed by atoms with van der Waals surface area (Å²) in [5, 5.41) is 9.88. The zero-order chi connectivity index (χ0) is 21.9. The molecule has 3 rings (SSSR count). The summed E-state index contributed by atoms with van der Waals surface area (Å²) < 4.78 is 11.1. The van der Waals surface area contributed by atoms with Crippen LogP contribution in [0.2, 0.25) is 0 Å². The van der Waals surface area contributed by atoms with Crippen molar-refractivity contribution < 1.29 is 19.4 Å². The quantitative estimate of drug-likeness (QED) is 0.764. The summed E-state index contributed by atoms with van der Waals surface area (Å²) in [5.41, 5.74) is 1.04. The number of hydrogen-bond acceptors (Lipinski definition) is 4. The summed E-state index contributed by atoms with van der Waals surface area (Å²) in [7, 11) is 1.55. The average molecular weight is 412 g/mol. The number of piperidine rings is 1. The Kier molecular flexibility index (Phi) is 6.41. The molecule has 162 valence electrons. The van der Waals surface area contributed by atoms with E-state index in [1.165, 1.54) is 5.56 Å². The first-order chi connectivity index (χ1) is 14.1. The average Bonchev–Trinajstić information content (AvgIpc) is 2.72. The van der Waals surface area contributed by atoms with Gasteiger partial charge in [-0.2, -0.15) is 0 Å². The van der Waals surface area contributed by atoms with E-state index in [9.17, 15) is 9.90 Å². The van der Waals surface area contributed by atoms with Gasteiger partial charge in [0.15, 0.2) is 11.5 Å². The molecule has 0 bridgehead atoms. The predicted octanol–water partition coefficient (Wildman–Crippen LogP) is 4.43. The largest absolute Gasteiger partial charge is 0.493 e. The van der Waals surface area contributed by atoms with Crippen LogP contribution < -0.4 is 9.47 Å². The minimum Gasteiger partial charge on any atom is -0.493 e. The van der Waals surface area contributed by atoms with E-state index in [1.807, 2.05) is 11.0 Å². The Labute approximate surface area is 179 Å². The Morgan fingerprint density at radius 3 is 2.50 bits per heavy atom. The third kappa shape index (κ3) is 4.96. The third-order valence-corrected chi connectivity index (χ3v) is 5.91. The van der Waals surface area contributed by atoms with Crippen LogP contribution in [0.1, 0.15) is 56.5 Å². The van der Waals surface area contributed by atoms with Crippen molar-refractivity contribution in [3.63, 3.8) is 0 Å². The minimum absolute atomic E-state index is 0.00458. The maximum atomic E-state index is 13.2. The molecule has 1 saturated heterocycles. The van der Waals surface area contributed by atoms with Gasteiger partial charge in [0, 0.05) is 18.2 Å². The van der Waals surface area contributed by atoms with Crippen LogP contribution >= 0.6 is 0 Å². The van der Waals surface area contributed by atoms with Crippen LogP contribution in [0.3, 0.4) is 0 Å². The Morgan fingerprint density at radius 2 is 1.90 bits per heavy atom. The number of carbonyl (C=O) groups excluding carboxylic acids is 1. The number of ether oxygens (including phenoxy) is 2. The van der Waals surface area contributed by atoms with Crippen LogP contribution in [0.5, 0.6) is 11.5 Å². The third-order valence-electron chi connectivity index (χ3n) is 5.91. The standard InChI is InChI=1S/C25H33NO4/c1-18-16-25(4,20-9-7-6-8-10-20)13-14-26(18)23(27)19-11-12-21(22(15-19)29-5)30-17-24(2,3)28/h6-12,15,18,28H,13-14,16-17H2,1-5H3. The van der Waals surface area contributed by atoms with E-state index >= 15 is 0 Å². The first kappa shape index (κ1) is 22.2. The fourth-order valence-corrected chi connectivity index (χ4v) is 4.20. The summed E-state index contributed by atoms with van der Waals surface area (Å²) in [4.78, 5) is 15.2. The van der Waals surface area contributed by atoms with Crippen LogP contribution in [0, 0.1) is 0 Å². The minimum atomic E-state index is -0.950. The molecule has 2 atom stereocenters. The molecule has 0 aromatic heterocycles. The molecule has 0 radical (unpaired) electrons. The van der Waals surface area contributed by atoms with Gasteiger partial charge in [0.1, 0.15) is 6.61 Å².